The number of rotatable bonds is 13. The number of ether oxygens (including phenoxy) is 4. The Balaban J connectivity index is 2.09. The number of halogens is 1. The number of benzene rings is 1. The lowest BCUT2D eigenvalue weighted by molar-refractivity contribution is -0.278. The van der Waals surface area contributed by atoms with Gasteiger partial charge in [0, 0.05) is 18.1 Å². The van der Waals surface area contributed by atoms with E-state index >= 15 is 0 Å². The van der Waals surface area contributed by atoms with Crippen LogP contribution in [0.2, 0.25) is 5.02 Å². The molecular weight excluding hydrogens is 472 g/mol. The zero-order valence-electron chi connectivity index (χ0n) is 18.8. The Morgan fingerprint density at radius 1 is 1.24 bits per heavy atom. The highest BCUT2D eigenvalue weighted by atomic mass is 35.5. The van der Waals surface area contributed by atoms with Gasteiger partial charge in [0.1, 0.15) is 31.0 Å². The third-order valence-corrected chi connectivity index (χ3v) is 5.08. The van der Waals surface area contributed by atoms with Crippen molar-refractivity contribution in [3.8, 4) is 0 Å². The minimum atomic E-state index is -1.32. The van der Waals surface area contributed by atoms with Crippen LogP contribution in [0.15, 0.2) is 29.3 Å². The molecule has 2 rings (SSSR count). The lowest BCUT2D eigenvalue weighted by atomic mass is 9.96. The van der Waals surface area contributed by atoms with Crippen molar-refractivity contribution in [2.75, 3.05) is 26.4 Å². The van der Waals surface area contributed by atoms with Crippen molar-refractivity contribution in [3.63, 3.8) is 0 Å². The monoisotopic (exact) mass is 502 g/mol. The van der Waals surface area contributed by atoms with Crippen molar-refractivity contribution in [2.45, 2.75) is 50.6 Å². The number of nitrogens with one attached hydrogen (secondary N) is 1. The first-order valence-electron chi connectivity index (χ1n) is 10.7. The van der Waals surface area contributed by atoms with Crippen LogP contribution >= 0.6 is 11.6 Å². The van der Waals surface area contributed by atoms with E-state index in [-0.39, 0.29) is 38.7 Å². The van der Waals surface area contributed by atoms with E-state index in [9.17, 15) is 14.7 Å². The summed E-state index contributed by atoms with van der Waals surface area (Å²) in [5.74, 6) is -1.85. The summed E-state index contributed by atoms with van der Waals surface area (Å²) in [4.78, 5) is 27.3. The van der Waals surface area contributed by atoms with Crippen LogP contribution in [0.4, 0.5) is 0 Å². The van der Waals surface area contributed by atoms with Crippen molar-refractivity contribution in [1.82, 2.24) is 5.32 Å². The van der Waals surface area contributed by atoms with Crippen LogP contribution in [0, 0.1) is 0 Å². The van der Waals surface area contributed by atoms with Crippen molar-refractivity contribution < 1.29 is 38.7 Å². The first kappa shape index (κ1) is 27.8. The van der Waals surface area contributed by atoms with Gasteiger partial charge < -0.3 is 45.9 Å². The molecule has 0 unspecified atom stereocenters. The number of nitrogens with zero attached hydrogens (tertiary/aromatic N) is 1. The van der Waals surface area contributed by atoms with Crippen molar-refractivity contribution >= 4 is 29.4 Å². The number of amides is 1. The molecule has 0 saturated carbocycles. The van der Waals surface area contributed by atoms with Gasteiger partial charge in [-0.1, -0.05) is 23.7 Å². The minimum Gasteiger partial charge on any atom is -0.480 e. The highest BCUT2D eigenvalue weighted by molar-refractivity contribution is 6.30. The molecule has 0 aliphatic carbocycles. The van der Waals surface area contributed by atoms with E-state index in [0.717, 1.165) is 5.56 Å². The van der Waals surface area contributed by atoms with E-state index in [0.29, 0.717) is 5.02 Å². The molecule has 0 spiro atoms. The molecule has 5 atom stereocenters. The largest absolute Gasteiger partial charge is 0.480 e. The fourth-order valence-electron chi connectivity index (χ4n) is 3.30. The number of guanidine groups is 1. The Morgan fingerprint density at radius 2 is 1.94 bits per heavy atom. The smallest absolute Gasteiger partial charge is 0.329 e. The van der Waals surface area contributed by atoms with E-state index in [4.69, 9.17) is 47.1 Å². The molecule has 1 aliphatic rings. The number of aliphatic hydroxyl groups is 1. The lowest BCUT2D eigenvalue weighted by Crippen LogP contribution is -2.65. The van der Waals surface area contributed by atoms with Crippen LogP contribution in [-0.4, -0.2) is 85.1 Å². The van der Waals surface area contributed by atoms with Gasteiger partial charge in [0.2, 0.25) is 5.91 Å². The van der Waals surface area contributed by atoms with Crippen LogP contribution in [0.1, 0.15) is 18.9 Å². The lowest BCUT2D eigenvalue weighted by Gasteiger charge is -2.44. The SMILES string of the molecule is CCO[C@@H]1O[C@H](COCc2ccc(Cl)cc2)[C@@H](O)[C@H](OCC(=O)O)[C@H]1NC(=O)CCN=C(N)N. The molecule has 7 N–H and O–H groups in total. The number of hydrogen-bond acceptors (Lipinski definition) is 8. The number of carbonyl (C=O) groups is 2. The summed E-state index contributed by atoms with van der Waals surface area (Å²) in [7, 11) is 0. The second-order valence-corrected chi connectivity index (χ2v) is 7.89. The molecule has 1 aromatic carbocycles. The van der Waals surface area contributed by atoms with Gasteiger partial charge in [0.15, 0.2) is 12.2 Å². The third-order valence-electron chi connectivity index (χ3n) is 4.83. The van der Waals surface area contributed by atoms with Crippen LogP contribution in [0.3, 0.4) is 0 Å². The van der Waals surface area contributed by atoms with Gasteiger partial charge in [-0.2, -0.15) is 0 Å². The topological polar surface area (TPSA) is 188 Å². The number of hydrogen-bond donors (Lipinski definition) is 5. The Morgan fingerprint density at radius 3 is 2.56 bits per heavy atom. The minimum absolute atomic E-state index is 0.0363. The predicted octanol–water partition coefficient (Wildman–Crippen LogP) is -0.403. The number of aliphatic hydroxyl groups excluding tert-OH is 1. The molecule has 0 bridgehead atoms. The zero-order valence-corrected chi connectivity index (χ0v) is 19.5. The van der Waals surface area contributed by atoms with Crippen molar-refractivity contribution in [1.29, 1.82) is 0 Å². The molecule has 190 valence electrons. The maximum absolute atomic E-state index is 12.4. The molecule has 0 radical (unpaired) electrons. The number of aliphatic imine (C=N–C) groups is 1. The molecule has 1 saturated heterocycles. The molecule has 34 heavy (non-hydrogen) atoms. The molecular formula is C21H31ClN4O8. The van der Waals surface area contributed by atoms with Gasteiger partial charge in [-0.05, 0) is 24.6 Å². The summed E-state index contributed by atoms with van der Waals surface area (Å²) in [6.45, 7) is 1.50. The van der Waals surface area contributed by atoms with Crippen molar-refractivity contribution in [2.24, 2.45) is 16.5 Å². The molecule has 0 aromatic heterocycles. The van der Waals surface area contributed by atoms with Crippen molar-refractivity contribution in [3.05, 3.63) is 34.9 Å². The second-order valence-electron chi connectivity index (χ2n) is 7.45. The first-order valence-corrected chi connectivity index (χ1v) is 11.0. The highest BCUT2D eigenvalue weighted by Crippen LogP contribution is 2.25. The van der Waals surface area contributed by atoms with Gasteiger partial charge in [-0.15, -0.1) is 0 Å². The fraction of sp³-hybridized carbons (Fsp3) is 0.571. The molecule has 1 aromatic rings. The Kier molecular flexibility index (Phi) is 11.5. The summed E-state index contributed by atoms with van der Waals surface area (Å²) in [6.07, 6.45) is -4.44. The summed E-state index contributed by atoms with van der Waals surface area (Å²) in [5, 5.41) is 23.2. The van der Waals surface area contributed by atoms with E-state index in [1.54, 1.807) is 31.2 Å². The quantitative estimate of drug-likeness (QED) is 0.175. The van der Waals surface area contributed by atoms with Gasteiger partial charge in [0.25, 0.3) is 0 Å². The number of nitrogens with two attached hydrogens (primary N) is 2. The number of aliphatic carboxylic acids is 1. The van der Waals surface area contributed by atoms with Gasteiger partial charge in [-0.25, -0.2) is 4.79 Å². The fourth-order valence-corrected chi connectivity index (χ4v) is 3.43. The molecule has 12 nitrogen and oxygen atoms in total. The summed E-state index contributed by atoms with van der Waals surface area (Å²) >= 11 is 5.88. The zero-order chi connectivity index (χ0) is 25.1. The summed E-state index contributed by atoms with van der Waals surface area (Å²) < 4.78 is 22.6. The number of carboxylic acid groups (broad SMARTS) is 1. The standard InChI is InChI=1S/C21H31ClN4O8/c1-2-32-20-17(26-15(27)7-8-25-21(23)24)19(33-11-16(28)29)18(30)14(34-20)10-31-9-12-3-5-13(22)6-4-12/h3-6,14,17-20,30H,2,7-11H2,1H3,(H,26,27)(H,28,29)(H4,23,24,25)/t14-,17-,18-,19-,20-/m1/s1. The highest BCUT2D eigenvalue weighted by Gasteiger charge is 2.47. The Bertz CT molecular complexity index is 821. The predicted molar refractivity (Wildman–Crippen MR) is 122 cm³/mol. The summed E-state index contributed by atoms with van der Waals surface area (Å²) in [5.41, 5.74) is 11.4. The maximum Gasteiger partial charge on any atom is 0.329 e. The first-order chi connectivity index (χ1) is 16.2. The van der Waals surface area contributed by atoms with E-state index < -0.39 is 49.1 Å². The maximum atomic E-state index is 12.4. The van der Waals surface area contributed by atoms with Crippen LogP contribution in [-0.2, 0) is 35.1 Å². The molecule has 1 aliphatic heterocycles. The van der Waals surface area contributed by atoms with E-state index in [1.165, 1.54) is 0 Å². The number of carbonyl (C=O) groups excluding carboxylic acids is 1. The Hall–Kier alpha value is -2.48. The van der Waals surface area contributed by atoms with Crippen LogP contribution in [0.5, 0.6) is 0 Å². The van der Waals surface area contributed by atoms with E-state index in [2.05, 4.69) is 10.3 Å². The Labute approximate surface area is 202 Å². The van der Waals surface area contributed by atoms with E-state index in [1.807, 2.05) is 0 Å². The second kappa shape index (κ2) is 14.0. The third kappa shape index (κ3) is 9.05. The molecule has 13 heteroatoms. The van der Waals surface area contributed by atoms with Crippen LogP contribution < -0.4 is 16.8 Å². The van der Waals surface area contributed by atoms with Gasteiger partial charge in [-0.3, -0.25) is 9.79 Å². The summed E-state index contributed by atoms with van der Waals surface area (Å²) in [6, 6.07) is 6.07. The van der Waals surface area contributed by atoms with Gasteiger partial charge >= 0.3 is 5.97 Å². The average molecular weight is 503 g/mol. The van der Waals surface area contributed by atoms with Gasteiger partial charge in [0.05, 0.1) is 19.8 Å². The number of carboxylic acids is 1. The molecule has 1 amide bonds. The van der Waals surface area contributed by atoms with Crippen LogP contribution in [0.25, 0.3) is 0 Å². The molecule has 1 fully saturated rings. The average Bonchev–Trinajstić information content (AvgIpc) is 2.77. The normalized spacial score (nSPS) is 24.4. The molecule has 1 heterocycles.